The minimum Gasteiger partial charge on any atom is -0.454 e. The summed E-state index contributed by atoms with van der Waals surface area (Å²) >= 11 is 0. The molecule has 0 heterocycles. The van der Waals surface area contributed by atoms with Gasteiger partial charge in [-0.3, -0.25) is 0 Å². The van der Waals surface area contributed by atoms with Crippen molar-refractivity contribution in [3.8, 4) is 0 Å². The Balaban J connectivity index is 5.00. The first-order chi connectivity index (χ1) is 10.6. The maximum atomic E-state index is 11.9. The Bertz CT molecular complexity index is 527. The SMILES string of the molecule is C=CC(C)(O)C=CC=C(C)CC(C=C(C)C)OC(=O)C(C)=CC. The fourth-order valence-corrected chi connectivity index (χ4v) is 1.72. The molecule has 3 nitrogen and oxygen atoms in total. The van der Waals surface area contributed by atoms with Crippen molar-refractivity contribution in [2.45, 2.75) is 59.7 Å². The van der Waals surface area contributed by atoms with Gasteiger partial charge in [0, 0.05) is 12.0 Å². The largest absolute Gasteiger partial charge is 0.454 e. The molecule has 2 atom stereocenters. The van der Waals surface area contributed by atoms with Crippen molar-refractivity contribution in [3.63, 3.8) is 0 Å². The van der Waals surface area contributed by atoms with Gasteiger partial charge in [0.15, 0.2) is 0 Å². The quantitative estimate of drug-likeness (QED) is 0.306. The van der Waals surface area contributed by atoms with Gasteiger partial charge in [-0.1, -0.05) is 42.0 Å². The van der Waals surface area contributed by atoms with Crippen LogP contribution >= 0.6 is 0 Å². The number of hydrogen-bond donors (Lipinski definition) is 1. The van der Waals surface area contributed by atoms with Crippen molar-refractivity contribution in [1.82, 2.24) is 0 Å². The number of carbonyl (C=O) groups is 1. The molecule has 0 bridgehead atoms. The Labute approximate surface area is 140 Å². The van der Waals surface area contributed by atoms with Crippen molar-refractivity contribution in [1.29, 1.82) is 0 Å². The minimum absolute atomic E-state index is 0.298. The molecule has 0 aromatic carbocycles. The van der Waals surface area contributed by atoms with Crippen LogP contribution in [0, 0.1) is 0 Å². The van der Waals surface area contributed by atoms with E-state index in [0.29, 0.717) is 12.0 Å². The van der Waals surface area contributed by atoms with Crippen molar-refractivity contribution in [3.05, 3.63) is 59.8 Å². The highest BCUT2D eigenvalue weighted by Crippen LogP contribution is 2.14. The Morgan fingerprint density at radius 2 is 1.91 bits per heavy atom. The molecule has 23 heavy (non-hydrogen) atoms. The lowest BCUT2D eigenvalue weighted by atomic mass is 10.0. The van der Waals surface area contributed by atoms with E-state index < -0.39 is 5.60 Å². The van der Waals surface area contributed by atoms with Crippen LogP contribution in [0.3, 0.4) is 0 Å². The molecule has 0 aliphatic carbocycles. The van der Waals surface area contributed by atoms with Crippen molar-refractivity contribution < 1.29 is 14.6 Å². The monoisotopic (exact) mass is 318 g/mol. The van der Waals surface area contributed by atoms with Gasteiger partial charge in [0.2, 0.25) is 0 Å². The summed E-state index contributed by atoms with van der Waals surface area (Å²) in [4.78, 5) is 11.9. The summed E-state index contributed by atoms with van der Waals surface area (Å²) < 4.78 is 5.54. The molecule has 0 aliphatic rings. The first-order valence-corrected chi connectivity index (χ1v) is 7.81. The van der Waals surface area contributed by atoms with Crippen LogP contribution in [0.4, 0.5) is 0 Å². The molecule has 1 N–H and O–H groups in total. The highest BCUT2D eigenvalue weighted by Gasteiger charge is 2.14. The first-order valence-electron chi connectivity index (χ1n) is 7.81. The highest BCUT2D eigenvalue weighted by atomic mass is 16.5. The van der Waals surface area contributed by atoms with Crippen LogP contribution in [0.25, 0.3) is 0 Å². The summed E-state index contributed by atoms with van der Waals surface area (Å²) in [6, 6.07) is 0. The molecule has 0 fully saturated rings. The average molecular weight is 318 g/mol. The summed E-state index contributed by atoms with van der Waals surface area (Å²) in [5, 5.41) is 9.82. The molecular weight excluding hydrogens is 288 g/mol. The topological polar surface area (TPSA) is 46.5 Å². The molecule has 0 amide bonds. The lowest BCUT2D eigenvalue weighted by Crippen LogP contribution is -2.17. The van der Waals surface area contributed by atoms with Crippen LogP contribution in [0.5, 0.6) is 0 Å². The molecule has 2 unspecified atom stereocenters. The third-order valence-electron chi connectivity index (χ3n) is 3.28. The number of ether oxygens (including phenoxy) is 1. The zero-order chi connectivity index (χ0) is 18.0. The summed E-state index contributed by atoms with van der Waals surface area (Å²) in [6.45, 7) is 14.7. The van der Waals surface area contributed by atoms with E-state index in [1.54, 1.807) is 32.1 Å². The molecule has 0 aromatic rings. The van der Waals surface area contributed by atoms with Crippen LogP contribution in [0.2, 0.25) is 0 Å². The number of aliphatic hydroxyl groups is 1. The zero-order valence-corrected chi connectivity index (χ0v) is 15.2. The fourth-order valence-electron chi connectivity index (χ4n) is 1.72. The number of esters is 1. The average Bonchev–Trinajstić information content (AvgIpc) is 2.45. The molecule has 0 aliphatic heterocycles. The van der Waals surface area contributed by atoms with Gasteiger partial charge in [0.05, 0.1) is 5.60 Å². The third kappa shape index (κ3) is 9.69. The van der Waals surface area contributed by atoms with Gasteiger partial charge in [-0.25, -0.2) is 4.79 Å². The van der Waals surface area contributed by atoms with Crippen LogP contribution < -0.4 is 0 Å². The summed E-state index contributed by atoms with van der Waals surface area (Å²) in [7, 11) is 0. The van der Waals surface area contributed by atoms with Crippen molar-refractivity contribution in [2.75, 3.05) is 0 Å². The van der Waals surface area contributed by atoms with Gasteiger partial charge in [-0.15, -0.1) is 0 Å². The summed E-state index contributed by atoms with van der Waals surface area (Å²) in [5.41, 5.74) is 1.72. The standard InChI is InChI=1S/C20H30O3/c1-8-17(6)19(21)23-18(13-15(3)4)14-16(5)11-10-12-20(7,22)9-2/h8-13,18,22H,2,14H2,1,3-7H3. The Hall–Kier alpha value is -1.87. The van der Waals surface area contributed by atoms with Gasteiger partial charge in [0.25, 0.3) is 0 Å². The summed E-state index contributed by atoms with van der Waals surface area (Å²) in [5.74, 6) is -0.298. The van der Waals surface area contributed by atoms with E-state index in [-0.39, 0.29) is 12.1 Å². The molecule has 128 valence electrons. The number of hydrogen-bond acceptors (Lipinski definition) is 3. The molecule has 3 heteroatoms. The number of allylic oxidation sites excluding steroid dienone is 4. The Morgan fingerprint density at radius 3 is 2.39 bits per heavy atom. The van der Waals surface area contributed by atoms with Gasteiger partial charge < -0.3 is 9.84 Å². The molecular formula is C20H30O3. The maximum Gasteiger partial charge on any atom is 0.333 e. The van der Waals surface area contributed by atoms with E-state index in [9.17, 15) is 9.90 Å². The van der Waals surface area contributed by atoms with E-state index in [1.165, 1.54) is 6.08 Å². The van der Waals surface area contributed by atoms with E-state index in [0.717, 1.165) is 11.1 Å². The number of carbonyl (C=O) groups excluding carboxylic acids is 1. The summed E-state index contributed by atoms with van der Waals surface area (Å²) in [6.07, 6.45) is 10.8. The molecule has 0 aromatic heterocycles. The normalized spacial score (nSPS) is 16.7. The highest BCUT2D eigenvalue weighted by molar-refractivity contribution is 5.87. The van der Waals surface area contributed by atoms with Crippen LogP contribution in [0.1, 0.15) is 48.0 Å². The van der Waals surface area contributed by atoms with E-state index >= 15 is 0 Å². The smallest absolute Gasteiger partial charge is 0.333 e. The van der Waals surface area contributed by atoms with Crippen molar-refractivity contribution >= 4 is 5.97 Å². The van der Waals surface area contributed by atoms with Gasteiger partial charge in [-0.05, 0) is 53.7 Å². The van der Waals surface area contributed by atoms with Gasteiger partial charge in [0.1, 0.15) is 6.10 Å². The predicted octanol–water partition coefficient (Wildman–Crippen LogP) is 4.66. The molecule has 0 rings (SSSR count). The second-order valence-corrected chi connectivity index (χ2v) is 6.17. The van der Waals surface area contributed by atoms with Crippen molar-refractivity contribution in [2.24, 2.45) is 0 Å². The Kier molecular flexibility index (Phi) is 9.19. The second kappa shape index (κ2) is 10.0. The van der Waals surface area contributed by atoms with Crippen LogP contribution in [-0.4, -0.2) is 22.8 Å². The predicted molar refractivity (Wildman–Crippen MR) is 97.1 cm³/mol. The number of rotatable bonds is 8. The van der Waals surface area contributed by atoms with Gasteiger partial charge >= 0.3 is 5.97 Å². The lowest BCUT2D eigenvalue weighted by molar-refractivity contribution is -0.142. The fraction of sp³-hybridized carbons (Fsp3) is 0.450. The third-order valence-corrected chi connectivity index (χ3v) is 3.28. The van der Waals surface area contributed by atoms with E-state index in [2.05, 4.69) is 6.58 Å². The molecule has 0 saturated heterocycles. The van der Waals surface area contributed by atoms with Gasteiger partial charge in [-0.2, -0.15) is 0 Å². The van der Waals surface area contributed by atoms with E-state index in [4.69, 9.17) is 4.74 Å². The zero-order valence-electron chi connectivity index (χ0n) is 15.2. The molecule has 0 spiro atoms. The Morgan fingerprint density at radius 1 is 1.30 bits per heavy atom. The second-order valence-electron chi connectivity index (χ2n) is 6.17. The maximum absolute atomic E-state index is 11.9. The minimum atomic E-state index is -1.02. The first kappa shape index (κ1) is 21.1. The lowest BCUT2D eigenvalue weighted by Gasteiger charge is -2.16. The van der Waals surface area contributed by atoms with Crippen LogP contribution in [0.15, 0.2) is 59.8 Å². The van der Waals surface area contributed by atoms with Crippen LogP contribution in [-0.2, 0) is 9.53 Å². The molecule has 0 saturated carbocycles. The molecule has 0 radical (unpaired) electrons. The van der Waals surface area contributed by atoms with E-state index in [1.807, 2.05) is 39.8 Å².